The Morgan fingerprint density at radius 1 is 1.08 bits per heavy atom. The number of aliphatic hydroxyl groups excluding tert-OH is 4. The van der Waals surface area contributed by atoms with Gasteiger partial charge in [0.15, 0.2) is 0 Å². The first-order valence-electron chi connectivity index (χ1n) is 3.98. The lowest BCUT2D eigenvalue weighted by molar-refractivity contribution is -0.125. The number of hydrogen-bond acceptors (Lipinski definition) is 5. The molecule has 0 amide bonds. The summed E-state index contributed by atoms with van der Waals surface area (Å²) in [5.74, 6) is -0.432. The van der Waals surface area contributed by atoms with Crippen LogP contribution in [0.1, 0.15) is 6.42 Å². The summed E-state index contributed by atoms with van der Waals surface area (Å²) in [7, 11) is 0. The minimum Gasteiger partial charge on any atom is -0.396 e. The summed E-state index contributed by atoms with van der Waals surface area (Å²) in [5, 5.41) is 36.5. The van der Waals surface area contributed by atoms with Crippen LogP contribution in [0.15, 0.2) is 0 Å². The zero-order chi connectivity index (χ0) is 9.30. The van der Waals surface area contributed by atoms with Crippen LogP contribution in [-0.4, -0.2) is 51.4 Å². The fraction of sp³-hybridized carbons (Fsp3) is 1.00. The molecule has 72 valence electrons. The van der Waals surface area contributed by atoms with Crippen molar-refractivity contribution in [1.29, 1.82) is 0 Å². The maximum Gasteiger partial charge on any atom is 0.108 e. The quantitative estimate of drug-likeness (QED) is 0.302. The highest BCUT2D eigenvalue weighted by atomic mass is 16.4. The highest BCUT2D eigenvalue weighted by Gasteiger charge is 2.40. The standard InChI is InChI=1S/C7H15NO4/c8-4-1-3(2-9)5(10)7(12)6(4)11/h3-7,9-12H,1-2,8H2/t3?,4?,5?,6?,7-/m0/s1. The molecule has 1 fully saturated rings. The van der Waals surface area contributed by atoms with Gasteiger partial charge < -0.3 is 26.2 Å². The Balaban J connectivity index is 2.63. The zero-order valence-electron chi connectivity index (χ0n) is 6.67. The van der Waals surface area contributed by atoms with Crippen molar-refractivity contribution in [2.45, 2.75) is 30.8 Å². The fourth-order valence-electron chi connectivity index (χ4n) is 1.55. The monoisotopic (exact) mass is 177 g/mol. The van der Waals surface area contributed by atoms with E-state index in [1.165, 1.54) is 0 Å². The van der Waals surface area contributed by atoms with Crippen molar-refractivity contribution in [3.8, 4) is 0 Å². The molecule has 0 aliphatic heterocycles. The summed E-state index contributed by atoms with van der Waals surface area (Å²) in [6.07, 6.45) is -3.09. The van der Waals surface area contributed by atoms with Gasteiger partial charge in [0.2, 0.25) is 0 Å². The molecule has 5 heteroatoms. The summed E-state index contributed by atoms with van der Waals surface area (Å²) < 4.78 is 0. The normalized spacial score (nSPS) is 49.2. The molecule has 0 bridgehead atoms. The minimum atomic E-state index is -1.24. The zero-order valence-corrected chi connectivity index (χ0v) is 6.67. The molecule has 1 saturated carbocycles. The van der Waals surface area contributed by atoms with Crippen molar-refractivity contribution < 1.29 is 20.4 Å². The van der Waals surface area contributed by atoms with Crippen LogP contribution in [0.3, 0.4) is 0 Å². The van der Waals surface area contributed by atoms with E-state index in [0.29, 0.717) is 6.42 Å². The molecule has 0 heterocycles. The number of hydrogen-bond donors (Lipinski definition) is 5. The molecule has 5 nitrogen and oxygen atoms in total. The highest BCUT2D eigenvalue weighted by Crippen LogP contribution is 2.24. The maximum absolute atomic E-state index is 9.30. The smallest absolute Gasteiger partial charge is 0.108 e. The molecule has 0 aromatic carbocycles. The lowest BCUT2D eigenvalue weighted by atomic mass is 9.80. The molecule has 12 heavy (non-hydrogen) atoms. The van der Waals surface area contributed by atoms with Gasteiger partial charge in [0.05, 0.1) is 12.2 Å². The van der Waals surface area contributed by atoms with Gasteiger partial charge in [-0.2, -0.15) is 0 Å². The van der Waals surface area contributed by atoms with Crippen molar-refractivity contribution in [2.75, 3.05) is 6.61 Å². The molecule has 0 aromatic rings. The molecule has 1 aliphatic rings. The van der Waals surface area contributed by atoms with Crippen LogP contribution in [0.4, 0.5) is 0 Å². The molecule has 1 rings (SSSR count). The van der Waals surface area contributed by atoms with Crippen molar-refractivity contribution in [3.05, 3.63) is 0 Å². The van der Waals surface area contributed by atoms with Crippen LogP contribution in [0.25, 0.3) is 0 Å². The Morgan fingerprint density at radius 2 is 1.67 bits per heavy atom. The molecule has 0 saturated heterocycles. The van der Waals surface area contributed by atoms with E-state index in [1.54, 1.807) is 0 Å². The summed E-state index contributed by atoms with van der Waals surface area (Å²) in [6.45, 7) is -0.224. The van der Waals surface area contributed by atoms with Gasteiger partial charge in [-0.3, -0.25) is 0 Å². The van der Waals surface area contributed by atoms with Crippen LogP contribution in [0.5, 0.6) is 0 Å². The maximum atomic E-state index is 9.30. The average Bonchev–Trinajstić information content (AvgIpc) is 2.08. The van der Waals surface area contributed by atoms with E-state index in [1.807, 2.05) is 0 Å². The predicted octanol–water partition coefficient (Wildman–Crippen LogP) is -2.59. The Kier molecular flexibility index (Phi) is 3.03. The third-order valence-electron chi connectivity index (χ3n) is 2.43. The summed E-state index contributed by atoms with van der Waals surface area (Å²) >= 11 is 0. The van der Waals surface area contributed by atoms with E-state index in [4.69, 9.17) is 10.8 Å². The van der Waals surface area contributed by atoms with Gasteiger partial charge in [0.1, 0.15) is 6.10 Å². The van der Waals surface area contributed by atoms with Crippen molar-refractivity contribution in [3.63, 3.8) is 0 Å². The van der Waals surface area contributed by atoms with E-state index in [2.05, 4.69) is 0 Å². The Labute approximate surface area is 70.4 Å². The average molecular weight is 177 g/mol. The van der Waals surface area contributed by atoms with E-state index in [-0.39, 0.29) is 6.61 Å². The fourth-order valence-corrected chi connectivity index (χ4v) is 1.55. The highest BCUT2D eigenvalue weighted by molar-refractivity contribution is 4.94. The molecule has 6 N–H and O–H groups in total. The number of nitrogens with two attached hydrogens (primary N) is 1. The first-order chi connectivity index (χ1) is 5.57. The van der Waals surface area contributed by atoms with Gasteiger partial charge >= 0.3 is 0 Å². The second-order valence-electron chi connectivity index (χ2n) is 3.31. The lowest BCUT2D eigenvalue weighted by Gasteiger charge is -2.38. The molecular weight excluding hydrogens is 162 g/mol. The summed E-state index contributed by atoms with van der Waals surface area (Å²) in [6, 6.07) is -0.569. The topological polar surface area (TPSA) is 107 Å². The SMILES string of the molecule is NC1CC(CO)C(O)[C@H](O)C1O. The van der Waals surface area contributed by atoms with Gasteiger partial charge in [-0.25, -0.2) is 0 Å². The molecule has 4 unspecified atom stereocenters. The second kappa shape index (κ2) is 3.68. The molecule has 5 atom stereocenters. The van der Waals surface area contributed by atoms with Gasteiger partial charge in [-0.05, 0) is 6.42 Å². The van der Waals surface area contributed by atoms with Gasteiger partial charge in [0.25, 0.3) is 0 Å². The first kappa shape index (κ1) is 9.88. The first-order valence-corrected chi connectivity index (χ1v) is 3.98. The Morgan fingerprint density at radius 3 is 2.17 bits per heavy atom. The van der Waals surface area contributed by atoms with Crippen molar-refractivity contribution >= 4 is 0 Å². The lowest BCUT2D eigenvalue weighted by Crippen LogP contribution is -2.57. The van der Waals surface area contributed by atoms with Crippen LogP contribution >= 0.6 is 0 Å². The minimum absolute atomic E-state index is 0.224. The van der Waals surface area contributed by atoms with E-state index >= 15 is 0 Å². The van der Waals surface area contributed by atoms with Crippen LogP contribution in [-0.2, 0) is 0 Å². The van der Waals surface area contributed by atoms with Crippen LogP contribution in [0, 0.1) is 5.92 Å². The van der Waals surface area contributed by atoms with E-state index in [0.717, 1.165) is 0 Å². The van der Waals surface area contributed by atoms with E-state index < -0.39 is 30.3 Å². The van der Waals surface area contributed by atoms with E-state index in [9.17, 15) is 15.3 Å². The molecule has 0 radical (unpaired) electrons. The second-order valence-corrected chi connectivity index (χ2v) is 3.31. The third-order valence-corrected chi connectivity index (χ3v) is 2.43. The number of aliphatic hydroxyl groups is 4. The molecule has 0 spiro atoms. The summed E-state index contributed by atoms with van der Waals surface area (Å²) in [4.78, 5) is 0. The largest absolute Gasteiger partial charge is 0.396 e. The van der Waals surface area contributed by atoms with Crippen LogP contribution < -0.4 is 5.73 Å². The predicted molar refractivity (Wildman–Crippen MR) is 41.2 cm³/mol. The van der Waals surface area contributed by atoms with Gasteiger partial charge in [-0.1, -0.05) is 0 Å². The Hall–Kier alpha value is -0.200. The Bertz CT molecular complexity index is 150. The summed E-state index contributed by atoms with van der Waals surface area (Å²) in [5.41, 5.74) is 5.46. The number of rotatable bonds is 1. The molecule has 0 aromatic heterocycles. The van der Waals surface area contributed by atoms with Gasteiger partial charge in [0, 0.05) is 18.6 Å². The van der Waals surface area contributed by atoms with Gasteiger partial charge in [-0.15, -0.1) is 0 Å². The van der Waals surface area contributed by atoms with Crippen LogP contribution in [0.2, 0.25) is 0 Å². The molecule has 1 aliphatic carbocycles. The van der Waals surface area contributed by atoms with Crippen molar-refractivity contribution in [1.82, 2.24) is 0 Å². The van der Waals surface area contributed by atoms with Crippen molar-refractivity contribution in [2.24, 2.45) is 11.7 Å². The molecular formula is C7H15NO4. The third kappa shape index (κ3) is 1.60.